The van der Waals surface area contributed by atoms with Crippen LogP contribution in [0.5, 0.6) is 11.5 Å². The van der Waals surface area contributed by atoms with Gasteiger partial charge in [0.25, 0.3) is 16.0 Å². The molecule has 0 atom stereocenters. The van der Waals surface area contributed by atoms with E-state index < -0.39 is 21.8 Å². The van der Waals surface area contributed by atoms with Gasteiger partial charge in [-0.25, -0.2) is 0 Å². The summed E-state index contributed by atoms with van der Waals surface area (Å²) in [5, 5.41) is 23.4. The van der Waals surface area contributed by atoms with E-state index in [0.29, 0.717) is 35.1 Å². The van der Waals surface area contributed by atoms with Crippen molar-refractivity contribution in [1.82, 2.24) is 0 Å². The van der Waals surface area contributed by atoms with Crippen LogP contribution >= 0.6 is 23.2 Å². The highest BCUT2D eigenvalue weighted by Crippen LogP contribution is 2.41. The smallest absolute Gasteiger partial charge is 0.294 e. The standard InChI is InChI=1S/C27H23Cl2N3O6S/c1-3-15-12-21(29)23(14-24(15)39(35,36)37)31-32-25-18-8-6-5-7-16(18)11-19(26(25)33)27(34)30-22-13-17(38-4-2)9-10-20(22)28/h5-14,33H,3-4H2,1-2H3,(H,30,34)(H,35,36,37). The Kier molecular flexibility index (Phi) is 8.41. The topological polar surface area (TPSA) is 138 Å². The molecule has 4 rings (SSSR count). The number of nitrogens with zero attached hydrogens (tertiary/aromatic N) is 2. The Bertz CT molecular complexity index is 1720. The molecular formula is C27H23Cl2N3O6S. The van der Waals surface area contributed by atoms with Gasteiger partial charge in [-0.2, -0.15) is 8.42 Å². The Morgan fingerprint density at radius 3 is 2.44 bits per heavy atom. The maximum absolute atomic E-state index is 13.2. The first-order chi connectivity index (χ1) is 18.5. The maximum atomic E-state index is 13.2. The van der Waals surface area contributed by atoms with Gasteiger partial charge >= 0.3 is 0 Å². The molecule has 1 amide bonds. The van der Waals surface area contributed by atoms with E-state index >= 15 is 0 Å². The molecule has 0 aromatic heterocycles. The minimum Gasteiger partial charge on any atom is -0.505 e. The normalized spacial score (nSPS) is 11.7. The van der Waals surface area contributed by atoms with Crippen LogP contribution in [0, 0.1) is 0 Å². The molecule has 0 unspecified atom stereocenters. The van der Waals surface area contributed by atoms with Crippen molar-refractivity contribution in [2.45, 2.75) is 25.2 Å². The number of carbonyl (C=O) groups excluding carboxylic acids is 1. The van der Waals surface area contributed by atoms with E-state index in [0.717, 1.165) is 6.07 Å². The van der Waals surface area contributed by atoms with Crippen LogP contribution in [-0.4, -0.2) is 30.6 Å². The summed E-state index contributed by atoms with van der Waals surface area (Å²) in [6.45, 7) is 3.96. The number of phenols is 1. The molecule has 9 nitrogen and oxygen atoms in total. The van der Waals surface area contributed by atoms with Gasteiger partial charge in [0.1, 0.15) is 17.1 Å². The molecule has 0 radical (unpaired) electrons. The zero-order valence-corrected chi connectivity index (χ0v) is 23.1. The van der Waals surface area contributed by atoms with Gasteiger partial charge in [-0.1, -0.05) is 54.4 Å². The summed E-state index contributed by atoms with van der Waals surface area (Å²) < 4.78 is 38.8. The van der Waals surface area contributed by atoms with Crippen molar-refractivity contribution in [2.24, 2.45) is 10.2 Å². The zero-order valence-electron chi connectivity index (χ0n) is 20.8. The van der Waals surface area contributed by atoms with E-state index in [9.17, 15) is 22.9 Å². The molecule has 4 aromatic carbocycles. The highest BCUT2D eigenvalue weighted by molar-refractivity contribution is 7.85. The fraction of sp³-hybridized carbons (Fsp3) is 0.148. The number of phenolic OH excluding ortho intramolecular Hbond substituents is 1. The SMILES string of the molecule is CCOc1ccc(Cl)c(NC(=O)c2cc3ccccc3c(N=Nc3cc(S(=O)(=O)O)c(CC)cc3Cl)c2O)c1. The Morgan fingerprint density at radius 2 is 1.74 bits per heavy atom. The van der Waals surface area contributed by atoms with Crippen molar-refractivity contribution in [1.29, 1.82) is 0 Å². The van der Waals surface area contributed by atoms with Gasteiger partial charge in [0.15, 0.2) is 5.75 Å². The lowest BCUT2D eigenvalue weighted by Crippen LogP contribution is -2.12. The summed E-state index contributed by atoms with van der Waals surface area (Å²) in [5.74, 6) is -0.628. The molecule has 0 aliphatic carbocycles. The van der Waals surface area contributed by atoms with Gasteiger partial charge < -0.3 is 15.2 Å². The molecule has 39 heavy (non-hydrogen) atoms. The summed E-state index contributed by atoms with van der Waals surface area (Å²) in [5.41, 5.74) is 0.381. The molecule has 0 saturated heterocycles. The van der Waals surface area contributed by atoms with Crippen LogP contribution in [0.15, 0.2) is 75.8 Å². The van der Waals surface area contributed by atoms with Gasteiger partial charge in [0, 0.05) is 11.5 Å². The number of aryl methyl sites for hydroxylation is 1. The summed E-state index contributed by atoms with van der Waals surface area (Å²) in [4.78, 5) is 12.9. The van der Waals surface area contributed by atoms with E-state index in [1.165, 1.54) is 12.1 Å². The number of anilines is 1. The molecule has 0 aliphatic heterocycles. The number of amides is 1. The van der Waals surface area contributed by atoms with E-state index in [-0.39, 0.29) is 37.6 Å². The first-order valence-corrected chi connectivity index (χ1v) is 13.9. The number of benzene rings is 4. The van der Waals surface area contributed by atoms with Crippen LogP contribution in [0.25, 0.3) is 10.8 Å². The van der Waals surface area contributed by atoms with Crippen LogP contribution in [0.2, 0.25) is 10.0 Å². The summed E-state index contributed by atoms with van der Waals surface area (Å²) >= 11 is 12.6. The summed E-state index contributed by atoms with van der Waals surface area (Å²) in [6, 6.07) is 15.7. The second-order valence-corrected chi connectivity index (χ2v) is 10.5. The molecule has 4 aromatic rings. The van der Waals surface area contributed by atoms with Crippen molar-refractivity contribution < 1.29 is 27.6 Å². The minimum absolute atomic E-state index is 0.0449. The molecule has 3 N–H and O–H groups in total. The van der Waals surface area contributed by atoms with Crippen molar-refractivity contribution in [3.05, 3.63) is 81.8 Å². The number of rotatable bonds is 8. The molecule has 0 fully saturated rings. The fourth-order valence-electron chi connectivity index (χ4n) is 3.92. The highest BCUT2D eigenvalue weighted by atomic mass is 35.5. The second-order valence-electron chi connectivity index (χ2n) is 8.31. The number of hydrogen-bond donors (Lipinski definition) is 3. The van der Waals surface area contributed by atoms with Crippen molar-refractivity contribution in [3.8, 4) is 11.5 Å². The summed E-state index contributed by atoms with van der Waals surface area (Å²) in [6.07, 6.45) is 0.298. The third kappa shape index (κ3) is 6.15. The Morgan fingerprint density at radius 1 is 1.00 bits per heavy atom. The lowest BCUT2D eigenvalue weighted by Gasteiger charge is -2.13. The largest absolute Gasteiger partial charge is 0.505 e. The number of halogens is 2. The van der Waals surface area contributed by atoms with E-state index in [1.54, 1.807) is 49.4 Å². The molecule has 12 heteroatoms. The Balaban J connectivity index is 1.80. The molecule has 0 saturated carbocycles. The van der Waals surface area contributed by atoms with Crippen LogP contribution in [0.1, 0.15) is 29.8 Å². The zero-order chi connectivity index (χ0) is 28.3. The van der Waals surface area contributed by atoms with Crippen molar-refractivity contribution in [2.75, 3.05) is 11.9 Å². The third-order valence-corrected chi connectivity index (χ3v) is 7.35. The number of azo groups is 1. The maximum Gasteiger partial charge on any atom is 0.294 e. The number of hydrogen-bond acceptors (Lipinski definition) is 7. The predicted octanol–water partition coefficient (Wildman–Crippen LogP) is 7.73. The molecule has 0 heterocycles. The number of ether oxygens (including phenoxy) is 1. The third-order valence-electron chi connectivity index (χ3n) is 5.78. The molecule has 0 aliphatic rings. The van der Waals surface area contributed by atoms with Crippen LogP contribution in [0.4, 0.5) is 17.1 Å². The molecule has 202 valence electrons. The minimum atomic E-state index is -4.55. The summed E-state index contributed by atoms with van der Waals surface area (Å²) in [7, 11) is -4.55. The number of aromatic hydroxyl groups is 1. The van der Waals surface area contributed by atoms with E-state index in [1.807, 2.05) is 6.92 Å². The highest BCUT2D eigenvalue weighted by Gasteiger charge is 2.21. The number of carbonyl (C=O) groups is 1. The number of fused-ring (bicyclic) bond motifs is 1. The van der Waals surface area contributed by atoms with E-state index in [2.05, 4.69) is 15.5 Å². The fourth-order valence-corrected chi connectivity index (χ4v) is 5.10. The van der Waals surface area contributed by atoms with Gasteiger partial charge in [-0.3, -0.25) is 9.35 Å². The van der Waals surface area contributed by atoms with Crippen molar-refractivity contribution in [3.63, 3.8) is 0 Å². The Labute approximate surface area is 234 Å². The van der Waals surface area contributed by atoms with Gasteiger partial charge in [-0.05, 0) is 54.6 Å². The lowest BCUT2D eigenvalue weighted by molar-refractivity contribution is 0.102. The molecule has 0 spiro atoms. The number of nitrogens with one attached hydrogen (secondary N) is 1. The van der Waals surface area contributed by atoms with Gasteiger partial charge in [0.2, 0.25) is 0 Å². The van der Waals surface area contributed by atoms with Crippen molar-refractivity contribution >= 4 is 67.1 Å². The molecule has 0 bridgehead atoms. The molecular weight excluding hydrogens is 565 g/mol. The van der Waals surface area contributed by atoms with Crippen LogP contribution < -0.4 is 10.1 Å². The first-order valence-electron chi connectivity index (χ1n) is 11.7. The van der Waals surface area contributed by atoms with Gasteiger partial charge in [0.05, 0.1) is 32.8 Å². The van der Waals surface area contributed by atoms with Crippen LogP contribution in [-0.2, 0) is 16.5 Å². The van der Waals surface area contributed by atoms with Gasteiger partial charge in [-0.15, -0.1) is 10.2 Å². The quantitative estimate of drug-likeness (QED) is 0.142. The second kappa shape index (κ2) is 11.6. The first kappa shape index (κ1) is 28.3. The predicted molar refractivity (Wildman–Crippen MR) is 151 cm³/mol. The average Bonchev–Trinajstić information content (AvgIpc) is 2.89. The van der Waals surface area contributed by atoms with Crippen LogP contribution in [0.3, 0.4) is 0 Å². The monoisotopic (exact) mass is 587 g/mol. The van der Waals surface area contributed by atoms with E-state index in [4.69, 9.17) is 27.9 Å². The average molecular weight is 588 g/mol. The Hall–Kier alpha value is -3.70. The lowest BCUT2D eigenvalue weighted by atomic mass is 10.0.